The van der Waals surface area contributed by atoms with Gasteiger partial charge >= 0.3 is 0 Å². The summed E-state index contributed by atoms with van der Waals surface area (Å²) in [6, 6.07) is -0.348. The molecule has 3 nitrogen and oxygen atoms in total. The normalized spacial score (nSPS) is 13.1. The summed E-state index contributed by atoms with van der Waals surface area (Å²) in [5.41, 5.74) is 0. The van der Waals surface area contributed by atoms with Gasteiger partial charge in [0.1, 0.15) is 0 Å². The zero-order valence-electron chi connectivity index (χ0n) is 5.45. The van der Waals surface area contributed by atoms with Crippen molar-refractivity contribution >= 4 is 30.4 Å². The molecule has 0 amide bonds. The summed E-state index contributed by atoms with van der Waals surface area (Å²) in [5, 5.41) is 10.9. The zero-order chi connectivity index (χ0) is 7.98. The third kappa shape index (κ3) is 4.16. The Bertz CT molecular complexity index is 110. The van der Waals surface area contributed by atoms with E-state index < -0.39 is 0 Å². The summed E-state index contributed by atoms with van der Waals surface area (Å²) < 4.78 is 0. The van der Waals surface area contributed by atoms with Crippen molar-refractivity contribution in [3.63, 3.8) is 0 Å². The van der Waals surface area contributed by atoms with Crippen LogP contribution in [-0.2, 0) is 4.79 Å². The molecule has 0 heterocycles. The van der Waals surface area contributed by atoms with Gasteiger partial charge in [-0.15, -0.1) is 12.6 Å². The standard InChI is InChI=1S/C5H11NO2S2/c7-2-1-6-4(3-9)5(8)10/h4,6-7,9H,1-3H2,(H,8,10)/t4-/m0/s1. The second-order valence-corrected chi connectivity index (χ2v) is 2.56. The van der Waals surface area contributed by atoms with Crippen LogP contribution in [0.3, 0.4) is 0 Å². The molecular formula is C5H11NO2S2. The molecule has 1 atom stereocenters. The summed E-state index contributed by atoms with van der Waals surface area (Å²) in [6.07, 6.45) is 0. The van der Waals surface area contributed by atoms with E-state index in [-0.39, 0.29) is 17.8 Å². The number of carbonyl (C=O) groups excluding carboxylic acids is 1. The monoisotopic (exact) mass is 181 g/mol. The van der Waals surface area contributed by atoms with E-state index in [1.807, 2.05) is 0 Å². The molecule has 0 aromatic rings. The molecule has 2 N–H and O–H groups in total. The molecule has 60 valence electrons. The van der Waals surface area contributed by atoms with Crippen molar-refractivity contribution < 1.29 is 9.90 Å². The summed E-state index contributed by atoms with van der Waals surface area (Å²) in [5.74, 6) is 0.405. The maximum Gasteiger partial charge on any atom is 0.203 e. The number of carbonyl (C=O) groups is 1. The van der Waals surface area contributed by atoms with Crippen molar-refractivity contribution in [3.05, 3.63) is 0 Å². The Balaban J connectivity index is 3.50. The smallest absolute Gasteiger partial charge is 0.203 e. The molecule has 0 saturated carbocycles. The van der Waals surface area contributed by atoms with Crippen LogP contribution >= 0.6 is 25.3 Å². The predicted molar refractivity (Wildman–Crippen MR) is 46.7 cm³/mol. The average molecular weight is 181 g/mol. The lowest BCUT2D eigenvalue weighted by atomic mass is 10.4. The van der Waals surface area contributed by atoms with Gasteiger partial charge in [-0.25, -0.2) is 0 Å². The van der Waals surface area contributed by atoms with Crippen LogP contribution in [0.15, 0.2) is 0 Å². The van der Waals surface area contributed by atoms with Gasteiger partial charge in [-0.2, -0.15) is 12.6 Å². The number of aliphatic hydroxyl groups is 1. The van der Waals surface area contributed by atoms with E-state index in [2.05, 4.69) is 30.6 Å². The lowest BCUT2D eigenvalue weighted by molar-refractivity contribution is -0.112. The summed E-state index contributed by atoms with van der Waals surface area (Å²) >= 11 is 7.53. The lowest BCUT2D eigenvalue weighted by Crippen LogP contribution is -2.37. The molecule has 0 bridgehead atoms. The molecule has 0 aromatic heterocycles. The van der Waals surface area contributed by atoms with E-state index in [1.165, 1.54) is 0 Å². The highest BCUT2D eigenvalue weighted by atomic mass is 32.1. The van der Waals surface area contributed by atoms with Crippen LogP contribution in [0.2, 0.25) is 0 Å². The number of hydrogen-bond acceptors (Lipinski definition) is 4. The molecule has 0 radical (unpaired) electrons. The van der Waals surface area contributed by atoms with Gasteiger partial charge in [-0.1, -0.05) is 0 Å². The number of thiol groups is 2. The van der Waals surface area contributed by atoms with E-state index in [9.17, 15) is 4.79 Å². The molecule has 0 aromatic carbocycles. The molecule has 5 heteroatoms. The Labute approximate surface area is 71.0 Å². The molecule has 0 fully saturated rings. The van der Waals surface area contributed by atoms with E-state index in [4.69, 9.17) is 5.11 Å². The van der Waals surface area contributed by atoms with Gasteiger partial charge in [-0.05, 0) is 0 Å². The van der Waals surface area contributed by atoms with Crippen molar-refractivity contribution in [2.24, 2.45) is 0 Å². The van der Waals surface area contributed by atoms with Crippen LogP contribution in [0.1, 0.15) is 0 Å². The summed E-state index contributed by atoms with van der Waals surface area (Å²) in [7, 11) is 0. The van der Waals surface area contributed by atoms with Crippen molar-refractivity contribution in [1.82, 2.24) is 5.32 Å². The maximum atomic E-state index is 10.6. The van der Waals surface area contributed by atoms with E-state index >= 15 is 0 Å². The first-order valence-corrected chi connectivity index (χ1v) is 3.98. The van der Waals surface area contributed by atoms with Gasteiger partial charge < -0.3 is 10.4 Å². The zero-order valence-corrected chi connectivity index (χ0v) is 7.24. The second kappa shape index (κ2) is 6.03. The van der Waals surface area contributed by atoms with Gasteiger partial charge in [0, 0.05) is 12.3 Å². The maximum absolute atomic E-state index is 10.6. The van der Waals surface area contributed by atoms with Crippen LogP contribution in [-0.4, -0.2) is 35.2 Å². The number of rotatable bonds is 5. The Kier molecular flexibility index (Phi) is 6.20. The van der Waals surface area contributed by atoms with Crippen LogP contribution in [0.25, 0.3) is 0 Å². The molecule has 0 spiro atoms. The Morgan fingerprint density at radius 2 is 2.30 bits per heavy atom. The minimum atomic E-state index is -0.348. The van der Waals surface area contributed by atoms with E-state index in [0.717, 1.165) is 0 Å². The minimum absolute atomic E-state index is 0.0192. The van der Waals surface area contributed by atoms with Crippen molar-refractivity contribution in [1.29, 1.82) is 0 Å². The second-order valence-electron chi connectivity index (χ2n) is 1.75. The molecule has 0 aliphatic heterocycles. The lowest BCUT2D eigenvalue weighted by Gasteiger charge is -2.10. The highest BCUT2D eigenvalue weighted by Crippen LogP contribution is 1.92. The van der Waals surface area contributed by atoms with Crippen LogP contribution in [0.5, 0.6) is 0 Å². The number of hydrogen-bond donors (Lipinski definition) is 4. The highest BCUT2D eigenvalue weighted by molar-refractivity contribution is 7.96. The van der Waals surface area contributed by atoms with Gasteiger partial charge in [0.2, 0.25) is 5.12 Å². The van der Waals surface area contributed by atoms with Gasteiger partial charge in [-0.3, -0.25) is 4.79 Å². The first kappa shape index (κ1) is 10.3. The fourth-order valence-electron chi connectivity index (χ4n) is 0.469. The van der Waals surface area contributed by atoms with Gasteiger partial charge in [0.05, 0.1) is 12.6 Å². The fraction of sp³-hybridized carbons (Fsp3) is 0.800. The van der Waals surface area contributed by atoms with Gasteiger partial charge in [0.15, 0.2) is 0 Å². The predicted octanol–water partition coefficient (Wildman–Crippen LogP) is -0.677. The third-order valence-electron chi connectivity index (χ3n) is 0.983. The molecule has 0 unspecified atom stereocenters. The third-order valence-corrected chi connectivity index (χ3v) is 1.66. The average Bonchev–Trinajstić information content (AvgIpc) is 1.89. The summed E-state index contributed by atoms with van der Waals surface area (Å²) in [6.45, 7) is 0.420. The van der Waals surface area contributed by atoms with Crippen LogP contribution in [0.4, 0.5) is 0 Å². The van der Waals surface area contributed by atoms with Gasteiger partial charge in [0.25, 0.3) is 0 Å². The Morgan fingerprint density at radius 3 is 2.60 bits per heavy atom. The first-order chi connectivity index (χ1) is 4.72. The van der Waals surface area contributed by atoms with Crippen LogP contribution in [0, 0.1) is 0 Å². The first-order valence-electron chi connectivity index (χ1n) is 2.90. The quantitative estimate of drug-likeness (QED) is 0.425. The van der Waals surface area contributed by atoms with Crippen LogP contribution < -0.4 is 5.32 Å². The molecule has 0 aliphatic carbocycles. The summed E-state index contributed by atoms with van der Waals surface area (Å²) in [4.78, 5) is 10.6. The number of nitrogens with one attached hydrogen (secondary N) is 1. The van der Waals surface area contributed by atoms with E-state index in [1.54, 1.807) is 0 Å². The van der Waals surface area contributed by atoms with Crippen molar-refractivity contribution in [2.75, 3.05) is 18.9 Å². The highest BCUT2D eigenvalue weighted by Gasteiger charge is 2.10. The number of aliphatic hydroxyl groups excluding tert-OH is 1. The Hall–Kier alpha value is 0.290. The Morgan fingerprint density at radius 1 is 1.70 bits per heavy atom. The molecular weight excluding hydrogens is 170 g/mol. The SMILES string of the molecule is O=C(S)[C@H](CS)NCCO. The van der Waals surface area contributed by atoms with Crippen molar-refractivity contribution in [3.8, 4) is 0 Å². The molecule has 0 aliphatic rings. The topological polar surface area (TPSA) is 49.3 Å². The molecule has 0 saturated heterocycles. The molecule has 0 rings (SSSR count). The minimum Gasteiger partial charge on any atom is -0.395 e. The van der Waals surface area contributed by atoms with E-state index in [0.29, 0.717) is 12.3 Å². The largest absolute Gasteiger partial charge is 0.395 e. The fourth-order valence-corrected chi connectivity index (χ4v) is 1.09. The van der Waals surface area contributed by atoms with Crippen molar-refractivity contribution in [2.45, 2.75) is 6.04 Å². The molecule has 10 heavy (non-hydrogen) atoms.